The van der Waals surface area contributed by atoms with E-state index in [9.17, 15) is 18.3 Å². The van der Waals surface area contributed by atoms with E-state index in [1.807, 2.05) is 18.7 Å². The summed E-state index contributed by atoms with van der Waals surface area (Å²) in [6, 6.07) is -0.236. The molecule has 0 amide bonds. The van der Waals surface area contributed by atoms with E-state index in [0.717, 1.165) is 0 Å². The quantitative estimate of drug-likeness (QED) is 0.348. The van der Waals surface area contributed by atoms with E-state index in [1.165, 1.54) is 6.92 Å². The van der Waals surface area contributed by atoms with Crippen molar-refractivity contribution in [1.29, 1.82) is 0 Å². The van der Waals surface area contributed by atoms with Gasteiger partial charge < -0.3 is 9.84 Å². The number of ether oxygens (including phenoxy) is 1. The van der Waals surface area contributed by atoms with Crippen LogP contribution in [0.15, 0.2) is 12.2 Å². The number of hydrogen-bond donors (Lipinski definition) is 2. The van der Waals surface area contributed by atoms with Crippen molar-refractivity contribution in [1.82, 2.24) is 4.90 Å². The van der Waals surface area contributed by atoms with Crippen molar-refractivity contribution in [2.75, 3.05) is 19.7 Å². The Morgan fingerprint density at radius 1 is 1.29 bits per heavy atom. The first-order chi connectivity index (χ1) is 9.63. The minimum Gasteiger partial charge on any atom is -0.461 e. The van der Waals surface area contributed by atoms with Gasteiger partial charge in [-0.3, -0.25) is 9.45 Å². The van der Waals surface area contributed by atoms with Crippen molar-refractivity contribution in [3.05, 3.63) is 12.2 Å². The largest absolute Gasteiger partial charge is 0.461 e. The van der Waals surface area contributed by atoms with Crippen LogP contribution in [0.4, 0.5) is 0 Å². The summed E-state index contributed by atoms with van der Waals surface area (Å²) in [7, 11) is -4.47. The van der Waals surface area contributed by atoms with Gasteiger partial charge in [-0.1, -0.05) is 20.4 Å². The number of carbonyl (C=O) groups is 1. The first-order valence-corrected chi connectivity index (χ1v) is 8.34. The molecule has 21 heavy (non-hydrogen) atoms. The van der Waals surface area contributed by atoms with E-state index < -0.39 is 21.5 Å². The zero-order valence-electron chi connectivity index (χ0n) is 12.8. The number of carbonyl (C=O) groups excluding carboxylic acids is 1. The summed E-state index contributed by atoms with van der Waals surface area (Å²) in [6.45, 7) is 10.3. The molecule has 2 atom stereocenters. The van der Waals surface area contributed by atoms with Crippen LogP contribution in [0, 0.1) is 0 Å². The van der Waals surface area contributed by atoms with E-state index in [2.05, 4.69) is 6.58 Å². The van der Waals surface area contributed by atoms with Gasteiger partial charge in [-0.2, -0.15) is 8.42 Å². The normalized spacial score (nSPS) is 14.8. The summed E-state index contributed by atoms with van der Waals surface area (Å²) in [6.07, 6.45) is 0.136. The van der Waals surface area contributed by atoms with E-state index >= 15 is 0 Å². The summed E-state index contributed by atoms with van der Waals surface area (Å²) < 4.78 is 35.5. The van der Waals surface area contributed by atoms with Crippen LogP contribution in [0.2, 0.25) is 0 Å². The van der Waals surface area contributed by atoms with E-state index in [-0.39, 0.29) is 31.1 Å². The number of esters is 1. The molecule has 0 fully saturated rings. The van der Waals surface area contributed by atoms with Crippen LogP contribution in [0.5, 0.6) is 0 Å². The Morgan fingerprint density at radius 3 is 2.19 bits per heavy atom. The molecule has 0 aromatic heterocycles. The van der Waals surface area contributed by atoms with Gasteiger partial charge in [0.1, 0.15) is 6.61 Å². The van der Waals surface area contributed by atoms with Crippen molar-refractivity contribution in [3.8, 4) is 0 Å². The lowest BCUT2D eigenvalue weighted by Gasteiger charge is -2.29. The van der Waals surface area contributed by atoms with Gasteiger partial charge >= 0.3 is 5.97 Å². The van der Waals surface area contributed by atoms with Crippen molar-refractivity contribution < 1.29 is 27.6 Å². The molecule has 2 unspecified atom stereocenters. The molecule has 124 valence electrons. The van der Waals surface area contributed by atoms with Gasteiger partial charge in [-0.05, 0) is 32.9 Å². The van der Waals surface area contributed by atoms with Crippen LogP contribution < -0.4 is 0 Å². The second-order valence-electron chi connectivity index (χ2n) is 4.80. The molecule has 0 spiro atoms. The monoisotopic (exact) mass is 323 g/mol. The summed E-state index contributed by atoms with van der Waals surface area (Å²) in [5.74, 6) is -0.512. The van der Waals surface area contributed by atoms with Gasteiger partial charge in [-0.15, -0.1) is 0 Å². The second kappa shape index (κ2) is 9.14. The van der Waals surface area contributed by atoms with Gasteiger partial charge in [0.15, 0.2) is 5.44 Å². The summed E-state index contributed by atoms with van der Waals surface area (Å²) >= 11 is 0. The van der Waals surface area contributed by atoms with Crippen LogP contribution in [0.1, 0.15) is 33.6 Å². The van der Waals surface area contributed by atoms with Crippen molar-refractivity contribution in [2.24, 2.45) is 0 Å². The predicted molar refractivity (Wildman–Crippen MR) is 79.3 cm³/mol. The number of hydrogen-bond acceptors (Lipinski definition) is 6. The summed E-state index contributed by atoms with van der Waals surface area (Å²) in [5, 5.41) is 9.35. The number of aliphatic hydroxyl groups is 1. The van der Waals surface area contributed by atoms with Crippen molar-refractivity contribution >= 4 is 16.1 Å². The Bertz CT molecular complexity index is 444. The highest BCUT2D eigenvalue weighted by Gasteiger charge is 2.24. The molecule has 0 aromatic carbocycles. The second-order valence-corrected chi connectivity index (χ2v) is 6.37. The SMILES string of the molecule is C=C(C)C(=O)OCC(CCC(O)S(=O)(=O)O)N(CC)CC. The lowest BCUT2D eigenvalue weighted by Crippen LogP contribution is -2.40. The molecule has 0 aromatic rings. The highest BCUT2D eigenvalue weighted by Crippen LogP contribution is 2.13. The van der Waals surface area contributed by atoms with Crippen molar-refractivity contribution in [3.63, 3.8) is 0 Å². The minimum atomic E-state index is -4.47. The first kappa shape index (κ1) is 20.0. The lowest BCUT2D eigenvalue weighted by molar-refractivity contribution is -0.140. The summed E-state index contributed by atoms with van der Waals surface area (Å²) in [4.78, 5) is 13.4. The molecule has 0 saturated heterocycles. The average Bonchev–Trinajstić information content (AvgIpc) is 2.40. The van der Waals surface area contributed by atoms with Crippen LogP contribution in [0.3, 0.4) is 0 Å². The molecule has 0 heterocycles. The molecular formula is C13H25NO6S. The number of likely N-dealkylation sites (N-methyl/N-ethyl adjacent to an activating group) is 1. The van der Waals surface area contributed by atoms with E-state index in [4.69, 9.17) is 9.29 Å². The fraction of sp³-hybridized carbons (Fsp3) is 0.769. The van der Waals surface area contributed by atoms with Gasteiger partial charge in [0.2, 0.25) is 0 Å². The van der Waals surface area contributed by atoms with E-state index in [0.29, 0.717) is 13.1 Å². The van der Waals surface area contributed by atoms with Crippen molar-refractivity contribution in [2.45, 2.75) is 45.1 Å². The van der Waals surface area contributed by atoms with Gasteiger partial charge in [0, 0.05) is 11.6 Å². The third kappa shape index (κ3) is 7.56. The maximum Gasteiger partial charge on any atom is 0.333 e. The third-order valence-electron chi connectivity index (χ3n) is 3.17. The number of rotatable bonds is 10. The Labute approximate surface area is 126 Å². The Kier molecular flexibility index (Phi) is 8.72. The molecular weight excluding hydrogens is 298 g/mol. The predicted octanol–water partition coefficient (Wildman–Crippen LogP) is 0.802. The highest BCUT2D eigenvalue weighted by atomic mass is 32.2. The molecule has 7 nitrogen and oxygen atoms in total. The zero-order chi connectivity index (χ0) is 16.6. The third-order valence-corrected chi connectivity index (χ3v) is 4.10. The fourth-order valence-corrected chi connectivity index (χ4v) is 2.32. The number of aliphatic hydroxyl groups excluding tert-OH is 1. The van der Waals surface area contributed by atoms with E-state index in [1.54, 1.807) is 0 Å². The highest BCUT2D eigenvalue weighted by molar-refractivity contribution is 7.86. The Morgan fingerprint density at radius 2 is 1.81 bits per heavy atom. The molecule has 0 aliphatic carbocycles. The molecule has 2 N–H and O–H groups in total. The zero-order valence-corrected chi connectivity index (χ0v) is 13.6. The van der Waals surface area contributed by atoms with Gasteiger partial charge in [0.05, 0.1) is 0 Å². The molecule has 0 saturated carbocycles. The molecule has 8 heteroatoms. The van der Waals surface area contributed by atoms with Gasteiger partial charge in [0.25, 0.3) is 10.1 Å². The molecule has 0 aliphatic heterocycles. The smallest absolute Gasteiger partial charge is 0.333 e. The van der Waals surface area contributed by atoms with Crippen LogP contribution in [-0.2, 0) is 19.6 Å². The first-order valence-electron chi connectivity index (χ1n) is 6.84. The molecule has 0 bridgehead atoms. The molecule has 0 radical (unpaired) electrons. The maximum atomic E-state index is 11.4. The topological polar surface area (TPSA) is 104 Å². The Balaban J connectivity index is 4.67. The Hall–Kier alpha value is -0.960. The standard InChI is InChI=1S/C13H25NO6S/c1-5-14(6-2)11(9-20-13(16)10(3)4)7-8-12(15)21(17,18)19/h11-12,15H,3,5-9H2,1-2,4H3,(H,17,18,19). The molecule has 0 aliphatic rings. The van der Waals surface area contributed by atoms with Crippen LogP contribution in [0.25, 0.3) is 0 Å². The fourth-order valence-electron chi connectivity index (χ4n) is 1.89. The van der Waals surface area contributed by atoms with Gasteiger partial charge in [-0.25, -0.2) is 4.79 Å². The molecule has 0 rings (SSSR count). The average molecular weight is 323 g/mol. The maximum absolute atomic E-state index is 11.4. The van der Waals surface area contributed by atoms with Crippen LogP contribution in [-0.4, -0.2) is 60.1 Å². The summed E-state index contributed by atoms with van der Waals surface area (Å²) in [5.41, 5.74) is -1.54. The van der Waals surface area contributed by atoms with Crippen LogP contribution >= 0.6 is 0 Å². The lowest BCUT2D eigenvalue weighted by atomic mass is 10.1. The number of nitrogens with zero attached hydrogens (tertiary/aromatic N) is 1. The minimum absolute atomic E-state index is 0.0750.